The molecule has 0 radical (unpaired) electrons. The van der Waals surface area contributed by atoms with Gasteiger partial charge < -0.3 is 21.7 Å². The fourth-order valence-corrected chi connectivity index (χ4v) is 4.14. The number of anilines is 3. The van der Waals surface area contributed by atoms with E-state index in [-0.39, 0.29) is 41.5 Å². The largest absolute Gasteiger partial charge is 0.396 e. The summed E-state index contributed by atoms with van der Waals surface area (Å²) in [6.45, 7) is 0.444. The zero-order valence-electron chi connectivity index (χ0n) is 16.2. The lowest BCUT2D eigenvalue weighted by atomic mass is 9.99. The molecule has 4 rings (SSSR count). The maximum atomic E-state index is 15.4. The maximum Gasteiger partial charge on any atom is 0.275 e. The molecule has 3 aromatic rings. The average Bonchev–Trinajstić information content (AvgIpc) is 3.28. The molecule has 0 bridgehead atoms. The molecule has 31 heavy (non-hydrogen) atoms. The zero-order chi connectivity index (χ0) is 22.1. The van der Waals surface area contributed by atoms with E-state index in [4.69, 9.17) is 11.5 Å². The van der Waals surface area contributed by atoms with Gasteiger partial charge in [0.15, 0.2) is 11.6 Å². The van der Waals surface area contributed by atoms with Crippen LogP contribution in [0.4, 0.5) is 30.2 Å². The van der Waals surface area contributed by atoms with E-state index >= 15 is 4.39 Å². The smallest absolute Gasteiger partial charge is 0.275 e. The predicted octanol–water partition coefficient (Wildman–Crippen LogP) is 3.19. The summed E-state index contributed by atoms with van der Waals surface area (Å²) in [5, 5.41) is 3.66. The first-order valence-electron chi connectivity index (χ1n) is 9.41. The lowest BCUT2D eigenvalue weighted by Crippen LogP contribution is -2.48. The quantitative estimate of drug-likeness (QED) is 0.529. The molecule has 1 fully saturated rings. The molecule has 2 aromatic heterocycles. The highest BCUT2D eigenvalue weighted by Crippen LogP contribution is 2.38. The molecule has 1 aliphatic heterocycles. The highest BCUT2D eigenvalue weighted by molar-refractivity contribution is 7.07. The van der Waals surface area contributed by atoms with Crippen LogP contribution in [-0.4, -0.2) is 41.2 Å². The SMILES string of the molecule is Nc1cc(-c2cnccc2N2C[C@@H](N)C[C@@H](F)C2)c(F)c(NC(=O)c2cscn2)c1F. The Morgan fingerprint density at radius 1 is 1.26 bits per heavy atom. The lowest BCUT2D eigenvalue weighted by molar-refractivity contribution is 0.102. The Kier molecular flexibility index (Phi) is 5.79. The second-order valence-corrected chi connectivity index (χ2v) is 7.95. The molecule has 0 unspecified atom stereocenters. The molecule has 0 spiro atoms. The molecule has 11 heteroatoms. The number of carbonyl (C=O) groups is 1. The van der Waals surface area contributed by atoms with Crippen molar-refractivity contribution in [2.75, 3.05) is 29.0 Å². The highest BCUT2D eigenvalue weighted by atomic mass is 32.1. The van der Waals surface area contributed by atoms with Gasteiger partial charge in [0.2, 0.25) is 0 Å². The number of halogens is 3. The maximum absolute atomic E-state index is 15.4. The average molecular weight is 448 g/mol. The van der Waals surface area contributed by atoms with Gasteiger partial charge in [-0.2, -0.15) is 0 Å². The van der Waals surface area contributed by atoms with E-state index in [1.54, 1.807) is 11.0 Å². The molecule has 1 amide bonds. The van der Waals surface area contributed by atoms with Gasteiger partial charge in [-0.1, -0.05) is 0 Å². The van der Waals surface area contributed by atoms with Gasteiger partial charge in [-0.15, -0.1) is 11.3 Å². The first-order chi connectivity index (χ1) is 14.8. The van der Waals surface area contributed by atoms with Crippen LogP contribution in [-0.2, 0) is 0 Å². The second kappa shape index (κ2) is 8.52. The molecule has 1 aromatic carbocycles. The predicted molar refractivity (Wildman–Crippen MR) is 114 cm³/mol. The topological polar surface area (TPSA) is 110 Å². The molecular weight excluding hydrogens is 429 g/mol. The third-order valence-electron chi connectivity index (χ3n) is 4.99. The van der Waals surface area contributed by atoms with E-state index in [0.29, 0.717) is 12.2 Å². The molecule has 162 valence electrons. The summed E-state index contributed by atoms with van der Waals surface area (Å²) in [5.74, 6) is -2.90. The van der Waals surface area contributed by atoms with Crippen LogP contribution in [0.1, 0.15) is 16.9 Å². The van der Waals surface area contributed by atoms with Gasteiger partial charge in [0, 0.05) is 53.7 Å². The Morgan fingerprint density at radius 3 is 2.77 bits per heavy atom. The van der Waals surface area contributed by atoms with Crippen molar-refractivity contribution in [3.8, 4) is 11.1 Å². The van der Waals surface area contributed by atoms with Gasteiger partial charge in [-0.05, 0) is 18.6 Å². The number of benzene rings is 1. The summed E-state index contributed by atoms with van der Waals surface area (Å²) >= 11 is 1.17. The Bertz CT molecular complexity index is 1100. The molecule has 5 N–H and O–H groups in total. The number of piperidine rings is 1. The number of nitrogens with two attached hydrogens (primary N) is 2. The van der Waals surface area contributed by atoms with E-state index < -0.39 is 29.4 Å². The van der Waals surface area contributed by atoms with E-state index in [1.807, 2.05) is 0 Å². The summed E-state index contributed by atoms with van der Waals surface area (Å²) in [5.41, 5.74) is 12.8. The number of hydrogen-bond acceptors (Lipinski definition) is 7. The van der Waals surface area contributed by atoms with Crippen LogP contribution in [0.15, 0.2) is 35.4 Å². The van der Waals surface area contributed by atoms with Crippen LogP contribution < -0.4 is 21.7 Å². The van der Waals surface area contributed by atoms with Crippen molar-refractivity contribution in [3.05, 3.63) is 52.7 Å². The van der Waals surface area contributed by atoms with Crippen molar-refractivity contribution < 1.29 is 18.0 Å². The van der Waals surface area contributed by atoms with Crippen LogP contribution in [0.3, 0.4) is 0 Å². The minimum atomic E-state index is -1.14. The summed E-state index contributed by atoms with van der Waals surface area (Å²) in [6, 6.07) is 2.34. The summed E-state index contributed by atoms with van der Waals surface area (Å²) in [4.78, 5) is 21.9. The number of thiazole rings is 1. The lowest BCUT2D eigenvalue weighted by Gasteiger charge is -2.35. The summed E-state index contributed by atoms with van der Waals surface area (Å²) in [6.07, 6.45) is 1.97. The summed E-state index contributed by atoms with van der Waals surface area (Å²) in [7, 11) is 0. The Hall–Kier alpha value is -3.18. The monoisotopic (exact) mass is 448 g/mol. The number of rotatable bonds is 4. The third kappa shape index (κ3) is 4.19. The van der Waals surface area contributed by atoms with Crippen LogP contribution >= 0.6 is 11.3 Å². The first kappa shape index (κ1) is 21.1. The highest BCUT2D eigenvalue weighted by Gasteiger charge is 2.28. The van der Waals surface area contributed by atoms with Gasteiger partial charge in [-0.25, -0.2) is 18.2 Å². The second-order valence-electron chi connectivity index (χ2n) is 7.23. The number of nitrogens with one attached hydrogen (secondary N) is 1. The molecule has 1 saturated heterocycles. The number of aromatic nitrogens is 2. The van der Waals surface area contributed by atoms with Crippen LogP contribution in [0, 0.1) is 11.6 Å². The number of alkyl halides is 1. The fraction of sp³-hybridized carbons (Fsp3) is 0.250. The van der Waals surface area contributed by atoms with Gasteiger partial charge >= 0.3 is 0 Å². The van der Waals surface area contributed by atoms with Crippen molar-refractivity contribution in [2.24, 2.45) is 5.73 Å². The molecule has 1 aliphatic rings. The van der Waals surface area contributed by atoms with Crippen molar-refractivity contribution in [1.82, 2.24) is 9.97 Å². The van der Waals surface area contributed by atoms with Crippen molar-refractivity contribution in [1.29, 1.82) is 0 Å². The molecular formula is C20H19F3N6OS. The zero-order valence-corrected chi connectivity index (χ0v) is 17.0. The Morgan fingerprint density at radius 2 is 2.06 bits per heavy atom. The number of pyridine rings is 1. The number of nitrogen functional groups attached to an aromatic ring is 1. The third-order valence-corrected chi connectivity index (χ3v) is 5.58. The first-order valence-corrected chi connectivity index (χ1v) is 10.4. The van der Waals surface area contributed by atoms with E-state index in [9.17, 15) is 13.6 Å². The van der Waals surface area contributed by atoms with Gasteiger partial charge in [-0.3, -0.25) is 9.78 Å². The van der Waals surface area contributed by atoms with E-state index in [2.05, 4.69) is 15.3 Å². The molecule has 0 saturated carbocycles. The Balaban J connectivity index is 1.77. The van der Waals surface area contributed by atoms with Gasteiger partial charge in [0.05, 0.1) is 11.2 Å². The number of hydrogen-bond donors (Lipinski definition) is 3. The molecule has 0 aliphatic carbocycles. The van der Waals surface area contributed by atoms with E-state index in [0.717, 1.165) is 6.07 Å². The van der Waals surface area contributed by atoms with Crippen molar-refractivity contribution >= 4 is 34.3 Å². The van der Waals surface area contributed by atoms with Gasteiger partial charge in [0.25, 0.3) is 5.91 Å². The molecule has 3 heterocycles. The number of carbonyl (C=O) groups excluding carboxylic acids is 1. The van der Waals surface area contributed by atoms with Crippen LogP contribution in [0.2, 0.25) is 0 Å². The van der Waals surface area contributed by atoms with Crippen LogP contribution in [0.25, 0.3) is 11.1 Å². The van der Waals surface area contributed by atoms with Crippen LogP contribution in [0.5, 0.6) is 0 Å². The number of nitrogens with zero attached hydrogens (tertiary/aromatic N) is 3. The normalized spacial score (nSPS) is 18.8. The van der Waals surface area contributed by atoms with Gasteiger partial charge in [0.1, 0.15) is 17.6 Å². The van der Waals surface area contributed by atoms with Crippen molar-refractivity contribution in [2.45, 2.75) is 18.6 Å². The minimum Gasteiger partial charge on any atom is -0.396 e. The summed E-state index contributed by atoms with van der Waals surface area (Å²) < 4.78 is 44.2. The molecule has 2 atom stereocenters. The Labute approximate surface area is 179 Å². The van der Waals surface area contributed by atoms with E-state index in [1.165, 1.54) is 34.6 Å². The fourth-order valence-electron chi connectivity index (χ4n) is 3.61. The standard InChI is InChI=1S/C20H19F3N6OS/c21-10-3-11(24)7-29(6-10)16-1-2-26-5-13(16)12-4-14(25)18(23)19(17(12)22)28-20(30)15-8-31-9-27-15/h1-2,4-5,8-11H,3,6-7,24-25H2,(H,28,30)/t10-,11+/m1/s1. The molecule has 7 nitrogen and oxygen atoms in total. The van der Waals surface area contributed by atoms with Crippen molar-refractivity contribution in [3.63, 3.8) is 0 Å². The number of amides is 1. The minimum absolute atomic E-state index is 0.0196.